The third-order valence-electron chi connectivity index (χ3n) is 3.44. The standard InChI is InChI=1S/C17H15ClN2O4/c1-11-4-2-3-5-12(11)8-17(22)19-13-6-7-14(15(18)9-13)16(21)10-20(23)24/h2-7,9H,8,10H2,1H3,(H,19,22). The van der Waals surface area contributed by atoms with Gasteiger partial charge in [0.2, 0.25) is 11.7 Å². The maximum absolute atomic E-state index is 12.1. The maximum atomic E-state index is 12.1. The topological polar surface area (TPSA) is 89.3 Å². The maximum Gasteiger partial charge on any atom is 0.265 e. The Morgan fingerprint density at radius 2 is 1.92 bits per heavy atom. The summed E-state index contributed by atoms with van der Waals surface area (Å²) in [5, 5.41) is 13.2. The summed E-state index contributed by atoms with van der Waals surface area (Å²) in [5.74, 6) is -0.896. The fourth-order valence-electron chi connectivity index (χ4n) is 2.21. The van der Waals surface area contributed by atoms with Gasteiger partial charge in [0.05, 0.1) is 11.4 Å². The van der Waals surface area contributed by atoms with E-state index >= 15 is 0 Å². The molecule has 124 valence electrons. The molecule has 1 amide bonds. The van der Waals surface area contributed by atoms with E-state index in [1.165, 1.54) is 18.2 Å². The molecule has 0 aliphatic carbocycles. The van der Waals surface area contributed by atoms with E-state index in [1.54, 1.807) is 0 Å². The molecule has 0 fully saturated rings. The number of anilines is 1. The number of nitrogens with zero attached hydrogens (tertiary/aromatic N) is 1. The molecule has 0 saturated carbocycles. The van der Waals surface area contributed by atoms with Crippen LogP contribution in [0.25, 0.3) is 0 Å². The molecule has 1 N–H and O–H groups in total. The van der Waals surface area contributed by atoms with Crippen molar-refractivity contribution in [1.82, 2.24) is 0 Å². The summed E-state index contributed by atoms with van der Waals surface area (Å²) in [6.45, 7) is 1.11. The molecule has 0 heterocycles. The van der Waals surface area contributed by atoms with Crippen LogP contribution in [0.2, 0.25) is 5.02 Å². The number of hydrogen-bond donors (Lipinski definition) is 1. The highest BCUT2D eigenvalue weighted by Gasteiger charge is 2.16. The number of aryl methyl sites for hydroxylation is 1. The van der Waals surface area contributed by atoms with E-state index in [9.17, 15) is 19.7 Å². The number of hydrogen-bond acceptors (Lipinski definition) is 4. The highest BCUT2D eigenvalue weighted by atomic mass is 35.5. The lowest BCUT2D eigenvalue weighted by Gasteiger charge is -2.09. The Labute approximate surface area is 143 Å². The van der Waals surface area contributed by atoms with Gasteiger partial charge in [-0.25, -0.2) is 0 Å². The largest absolute Gasteiger partial charge is 0.326 e. The highest BCUT2D eigenvalue weighted by Crippen LogP contribution is 2.22. The minimum atomic E-state index is -0.821. The zero-order chi connectivity index (χ0) is 17.7. The number of nitrogens with one attached hydrogen (secondary N) is 1. The lowest BCUT2D eigenvalue weighted by Crippen LogP contribution is -2.16. The van der Waals surface area contributed by atoms with Gasteiger partial charge in [-0.15, -0.1) is 0 Å². The van der Waals surface area contributed by atoms with Crippen molar-refractivity contribution in [2.75, 3.05) is 11.9 Å². The monoisotopic (exact) mass is 346 g/mol. The van der Waals surface area contributed by atoms with E-state index < -0.39 is 17.3 Å². The zero-order valence-electron chi connectivity index (χ0n) is 12.9. The molecule has 0 saturated heterocycles. The Morgan fingerprint density at radius 3 is 2.54 bits per heavy atom. The van der Waals surface area contributed by atoms with Gasteiger partial charge in [-0.3, -0.25) is 19.7 Å². The van der Waals surface area contributed by atoms with Gasteiger partial charge in [0.25, 0.3) is 6.54 Å². The summed E-state index contributed by atoms with van der Waals surface area (Å²) in [6, 6.07) is 11.8. The predicted molar refractivity (Wildman–Crippen MR) is 91.2 cm³/mol. The molecule has 0 radical (unpaired) electrons. The van der Waals surface area contributed by atoms with E-state index in [-0.39, 0.29) is 22.9 Å². The Kier molecular flexibility index (Phi) is 5.65. The Hall–Kier alpha value is -2.73. The van der Waals surface area contributed by atoms with Crippen molar-refractivity contribution in [3.8, 4) is 0 Å². The number of carbonyl (C=O) groups excluding carboxylic acids is 2. The molecular formula is C17H15ClN2O4. The molecule has 24 heavy (non-hydrogen) atoms. The van der Waals surface area contributed by atoms with Crippen LogP contribution in [0.3, 0.4) is 0 Å². The van der Waals surface area contributed by atoms with Crippen molar-refractivity contribution >= 4 is 29.0 Å². The van der Waals surface area contributed by atoms with Gasteiger partial charge in [0.15, 0.2) is 0 Å². The van der Waals surface area contributed by atoms with Crippen LogP contribution in [-0.2, 0) is 11.2 Å². The third-order valence-corrected chi connectivity index (χ3v) is 3.75. The number of Topliss-reactive ketones (excluding diaryl/α,β-unsaturated/α-hetero) is 1. The van der Waals surface area contributed by atoms with Gasteiger partial charge in [-0.2, -0.15) is 0 Å². The molecule has 2 rings (SSSR count). The Bertz CT molecular complexity index is 805. The van der Waals surface area contributed by atoms with Gasteiger partial charge < -0.3 is 5.32 Å². The first-order valence-corrected chi connectivity index (χ1v) is 7.53. The molecule has 0 unspecified atom stereocenters. The summed E-state index contributed by atoms with van der Waals surface area (Å²) in [7, 11) is 0. The van der Waals surface area contributed by atoms with Crippen LogP contribution < -0.4 is 5.32 Å². The van der Waals surface area contributed by atoms with Crippen LogP contribution >= 0.6 is 11.6 Å². The zero-order valence-corrected chi connectivity index (χ0v) is 13.7. The molecule has 0 spiro atoms. The average Bonchev–Trinajstić information content (AvgIpc) is 2.48. The van der Waals surface area contributed by atoms with Crippen LogP contribution in [0.1, 0.15) is 21.5 Å². The van der Waals surface area contributed by atoms with Crippen LogP contribution in [0.5, 0.6) is 0 Å². The second kappa shape index (κ2) is 7.70. The molecule has 0 aliphatic rings. The molecule has 2 aromatic rings. The molecule has 6 nitrogen and oxygen atoms in total. The first kappa shape index (κ1) is 17.6. The van der Waals surface area contributed by atoms with E-state index in [2.05, 4.69) is 5.32 Å². The molecule has 0 aromatic heterocycles. The number of benzene rings is 2. The van der Waals surface area contributed by atoms with Crippen LogP contribution in [0, 0.1) is 17.0 Å². The van der Waals surface area contributed by atoms with Gasteiger partial charge in [-0.05, 0) is 36.2 Å². The molecule has 2 aromatic carbocycles. The van der Waals surface area contributed by atoms with Crippen molar-refractivity contribution in [1.29, 1.82) is 0 Å². The van der Waals surface area contributed by atoms with E-state index in [0.717, 1.165) is 11.1 Å². The van der Waals surface area contributed by atoms with Gasteiger partial charge in [-0.1, -0.05) is 35.9 Å². The number of rotatable bonds is 6. The fraction of sp³-hybridized carbons (Fsp3) is 0.176. The van der Waals surface area contributed by atoms with Gasteiger partial charge in [0.1, 0.15) is 0 Å². The molecule has 0 aliphatic heterocycles. The second-order valence-electron chi connectivity index (χ2n) is 5.26. The lowest BCUT2D eigenvalue weighted by atomic mass is 10.1. The minimum Gasteiger partial charge on any atom is -0.326 e. The summed E-state index contributed by atoms with van der Waals surface area (Å²) < 4.78 is 0. The molecular weight excluding hydrogens is 332 g/mol. The van der Waals surface area contributed by atoms with Gasteiger partial charge >= 0.3 is 0 Å². The third kappa shape index (κ3) is 4.63. The van der Waals surface area contributed by atoms with E-state index in [0.29, 0.717) is 5.69 Å². The Morgan fingerprint density at radius 1 is 1.21 bits per heavy atom. The predicted octanol–water partition coefficient (Wildman–Crippen LogP) is 3.29. The Balaban J connectivity index is 2.07. The van der Waals surface area contributed by atoms with Crippen molar-refractivity contribution in [2.24, 2.45) is 0 Å². The summed E-state index contributed by atoms with van der Waals surface area (Å²) in [6.07, 6.45) is 0.215. The quantitative estimate of drug-likeness (QED) is 0.493. The minimum absolute atomic E-state index is 0.0604. The average molecular weight is 347 g/mol. The number of carbonyl (C=O) groups is 2. The van der Waals surface area contributed by atoms with Crippen molar-refractivity contribution in [3.05, 3.63) is 74.3 Å². The normalized spacial score (nSPS) is 10.2. The lowest BCUT2D eigenvalue weighted by molar-refractivity contribution is -0.465. The first-order chi connectivity index (χ1) is 11.4. The fourth-order valence-corrected chi connectivity index (χ4v) is 2.49. The van der Waals surface area contributed by atoms with E-state index in [1.807, 2.05) is 31.2 Å². The van der Waals surface area contributed by atoms with E-state index in [4.69, 9.17) is 11.6 Å². The molecule has 7 heteroatoms. The number of amides is 1. The summed E-state index contributed by atoms with van der Waals surface area (Å²) in [5.41, 5.74) is 2.42. The van der Waals surface area contributed by atoms with Crippen LogP contribution in [-0.4, -0.2) is 23.2 Å². The summed E-state index contributed by atoms with van der Waals surface area (Å²) in [4.78, 5) is 33.5. The van der Waals surface area contributed by atoms with Crippen molar-refractivity contribution < 1.29 is 14.5 Å². The highest BCUT2D eigenvalue weighted by molar-refractivity contribution is 6.34. The van der Waals surface area contributed by atoms with Crippen LogP contribution in [0.15, 0.2) is 42.5 Å². The number of halogens is 1. The SMILES string of the molecule is Cc1ccccc1CC(=O)Nc1ccc(C(=O)C[N+](=O)[O-])c(Cl)c1. The van der Waals surface area contributed by atoms with Gasteiger partial charge in [0, 0.05) is 16.2 Å². The first-order valence-electron chi connectivity index (χ1n) is 7.15. The second-order valence-corrected chi connectivity index (χ2v) is 5.67. The van der Waals surface area contributed by atoms with Crippen molar-refractivity contribution in [2.45, 2.75) is 13.3 Å². The molecule has 0 bridgehead atoms. The summed E-state index contributed by atoms with van der Waals surface area (Å²) >= 11 is 5.98. The smallest absolute Gasteiger partial charge is 0.265 e. The molecule has 0 atom stereocenters. The number of ketones is 1. The van der Waals surface area contributed by atoms with Crippen molar-refractivity contribution in [3.63, 3.8) is 0 Å². The van der Waals surface area contributed by atoms with Crippen LogP contribution in [0.4, 0.5) is 5.69 Å². The number of nitro groups is 1.